The summed E-state index contributed by atoms with van der Waals surface area (Å²) in [6.45, 7) is 0. The Kier molecular flexibility index (Phi) is 1.89. The van der Waals surface area contributed by atoms with Crippen molar-refractivity contribution in [2.75, 3.05) is 0 Å². The number of benzene rings is 1. The molecule has 0 unspecified atom stereocenters. The Balaban J connectivity index is 3.31. The van der Waals surface area contributed by atoms with E-state index in [-0.39, 0.29) is 4.90 Å². The van der Waals surface area contributed by atoms with Gasteiger partial charge in [0.05, 0.1) is 0 Å². The van der Waals surface area contributed by atoms with E-state index in [2.05, 4.69) is 12.6 Å². The predicted molar refractivity (Wildman–Crippen MR) is 33.6 cm³/mol. The first kappa shape index (κ1) is 7.47. The molecule has 0 heterocycles. The molecule has 0 spiro atoms. The maximum atomic E-state index is 12.2. The first-order valence-electron chi connectivity index (χ1n) is 2.45. The van der Waals surface area contributed by atoms with E-state index >= 15 is 0 Å². The van der Waals surface area contributed by atoms with Crippen molar-refractivity contribution in [3.63, 3.8) is 0 Å². The molecule has 0 amide bonds. The van der Waals surface area contributed by atoms with Crippen LogP contribution in [-0.4, -0.2) is 0 Å². The minimum Gasteiger partial charge on any atom is -0.204 e. The highest BCUT2D eigenvalue weighted by Crippen LogP contribution is 2.15. The van der Waals surface area contributed by atoms with Gasteiger partial charge in [-0.2, -0.15) is 0 Å². The van der Waals surface area contributed by atoms with Crippen molar-refractivity contribution in [1.82, 2.24) is 0 Å². The van der Waals surface area contributed by atoms with Crippen molar-refractivity contribution in [1.29, 1.82) is 0 Å². The molecule has 4 heteroatoms. The van der Waals surface area contributed by atoms with Gasteiger partial charge >= 0.3 is 0 Å². The van der Waals surface area contributed by atoms with Crippen LogP contribution in [0, 0.1) is 17.5 Å². The van der Waals surface area contributed by atoms with Crippen molar-refractivity contribution in [2.24, 2.45) is 0 Å². The molecule has 0 saturated carbocycles. The van der Waals surface area contributed by atoms with Gasteiger partial charge in [0.15, 0.2) is 17.5 Å². The molecule has 0 aliphatic heterocycles. The smallest absolute Gasteiger partial charge is 0.194 e. The molecule has 0 saturated heterocycles. The molecule has 0 N–H and O–H groups in total. The van der Waals surface area contributed by atoms with E-state index in [1.165, 1.54) is 0 Å². The summed E-state index contributed by atoms with van der Waals surface area (Å²) < 4.78 is 36.5. The Morgan fingerprint density at radius 1 is 1.00 bits per heavy atom. The number of hydrogen-bond donors (Lipinski definition) is 1. The lowest BCUT2D eigenvalue weighted by atomic mass is 10.3. The molecule has 0 aliphatic rings. The summed E-state index contributed by atoms with van der Waals surface area (Å²) in [5, 5.41) is 0. The topological polar surface area (TPSA) is 0 Å². The van der Waals surface area contributed by atoms with Crippen LogP contribution in [0.3, 0.4) is 0 Å². The SMILES string of the molecule is Fc1cc(S)cc(F)c1F. The standard InChI is InChI=1S/C6H3F3S/c7-4-1-3(10)2-5(8)6(4)9/h1-2,10H. The summed E-state index contributed by atoms with van der Waals surface area (Å²) in [5.41, 5.74) is 0. The summed E-state index contributed by atoms with van der Waals surface area (Å²) in [4.78, 5) is 0.0661. The van der Waals surface area contributed by atoms with E-state index in [0.29, 0.717) is 0 Å². The maximum Gasteiger partial charge on any atom is 0.194 e. The van der Waals surface area contributed by atoms with Gasteiger partial charge in [-0.3, -0.25) is 0 Å². The highest BCUT2D eigenvalue weighted by atomic mass is 32.1. The van der Waals surface area contributed by atoms with Crippen molar-refractivity contribution >= 4 is 12.6 Å². The normalized spacial score (nSPS) is 10.0. The van der Waals surface area contributed by atoms with Crippen LogP contribution in [0.15, 0.2) is 17.0 Å². The van der Waals surface area contributed by atoms with E-state index < -0.39 is 17.5 Å². The zero-order valence-corrected chi connectivity index (χ0v) is 5.63. The third kappa shape index (κ3) is 1.26. The zero-order chi connectivity index (χ0) is 7.72. The van der Waals surface area contributed by atoms with Gasteiger partial charge in [-0.1, -0.05) is 0 Å². The monoisotopic (exact) mass is 164 g/mol. The van der Waals surface area contributed by atoms with Gasteiger partial charge in [-0.05, 0) is 12.1 Å². The van der Waals surface area contributed by atoms with Gasteiger partial charge < -0.3 is 0 Å². The molecule has 0 nitrogen and oxygen atoms in total. The second kappa shape index (κ2) is 2.54. The molecule has 1 aromatic rings. The summed E-state index contributed by atoms with van der Waals surface area (Å²) in [5.74, 6) is -3.90. The van der Waals surface area contributed by atoms with Crippen LogP contribution in [-0.2, 0) is 0 Å². The zero-order valence-electron chi connectivity index (χ0n) is 4.74. The maximum absolute atomic E-state index is 12.2. The fourth-order valence-corrected chi connectivity index (χ4v) is 0.769. The lowest BCUT2D eigenvalue weighted by Gasteiger charge is -1.94. The third-order valence-corrected chi connectivity index (χ3v) is 1.23. The molecule has 1 rings (SSSR count). The van der Waals surface area contributed by atoms with Gasteiger partial charge in [0.1, 0.15) is 0 Å². The molecule has 1 aromatic carbocycles. The molecule has 0 atom stereocenters. The van der Waals surface area contributed by atoms with Gasteiger partial charge in [-0.15, -0.1) is 12.6 Å². The predicted octanol–water partition coefficient (Wildman–Crippen LogP) is 2.39. The summed E-state index contributed by atoms with van der Waals surface area (Å²) in [6, 6.07) is 1.61. The van der Waals surface area contributed by atoms with Crippen LogP contribution in [0.5, 0.6) is 0 Å². The second-order valence-electron chi connectivity index (χ2n) is 1.72. The molecule has 0 bridgehead atoms. The van der Waals surface area contributed by atoms with Crippen molar-refractivity contribution in [2.45, 2.75) is 4.90 Å². The number of hydrogen-bond acceptors (Lipinski definition) is 1. The van der Waals surface area contributed by atoms with Gasteiger partial charge in [0.25, 0.3) is 0 Å². The molecule has 10 heavy (non-hydrogen) atoms. The van der Waals surface area contributed by atoms with E-state index in [9.17, 15) is 13.2 Å². The number of thiol groups is 1. The fourth-order valence-electron chi connectivity index (χ4n) is 0.542. The molecule has 54 valence electrons. The van der Waals surface area contributed by atoms with Crippen molar-refractivity contribution in [3.05, 3.63) is 29.6 Å². The number of halogens is 3. The summed E-state index contributed by atoms with van der Waals surface area (Å²) in [7, 11) is 0. The van der Waals surface area contributed by atoms with Gasteiger partial charge in [0.2, 0.25) is 0 Å². The summed E-state index contributed by atoms with van der Waals surface area (Å²) in [6.07, 6.45) is 0. The minimum absolute atomic E-state index is 0.0661. The Bertz CT molecular complexity index is 236. The highest BCUT2D eigenvalue weighted by molar-refractivity contribution is 7.80. The van der Waals surface area contributed by atoms with Gasteiger partial charge in [0, 0.05) is 4.90 Å². The molecule has 0 aromatic heterocycles. The largest absolute Gasteiger partial charge is 0.204 e. The third-order valence-electron chi connectivity index (χ3n) is 0.969. The quantitative estimate of drug-likeness (QED) is 0.441. The molecular weight excluding hydrogens is 161 g/mol. The molecule has 0 fully saturated rings. The molecule has 0 aliphatic carbocycles. The molecular formula is C6H3F3S. The van der Waals surface area contributed by atoms with E-state index in [0.717, 1.165) is 12.1 Å². The first-order chi connectivity index (χ1) is 4.61. The van der Waals surface area contributed by atoms with E-state index in [4.69, 9.17) is 0 Å². The second-order valence-corrected chi connectivity index (χ2v) is 2.24. The Morgan fingerprint density at radius 3 is 1.80 bits per heavy atom. The van der Waals surface area contributed by atoms with Crippen LogP contribution in [0.1, 0.15) is 0 Å². The van der Waals surface area contributed by atoms with Gasteiger partial charge in [-0.25, -0.2) is 13.2 Å². The number of rotatable bonds is 0. The van der Waals surface area contributed by atoms with Crippen LogP contribution in [0.4, 0.5) is 13.2 Å². The van der Waals surface area contributed by atoms with Crippen LogP contribution in [0.2, 0.25) is 0 Å². The molecule has 0 radical (unpaired) electrons. The summed E-state index contributed by atoms with van der Waals surface area (Å²) >= 11 is 3.62. The lowest BCUT2D eigenvalue weighted by Crippen LogP contribution is -1.88. The average Bonchev–Trinajstić information content (AvgIpc) is 1.82. The Morgan fingerprint density at radius 2 is 1.40 bits per heavy atom. The Labute approximate surface area is 61.1 Å². The van der Waals surface area contributed by atoms with E-state index in [1.54, 1.807) is 0 Å². The fraction of sp³-hybridized carbons (Fsp3) is 0. The highest BCUT2D eigenvalue weighted by Gasteiger charge is 2.07. The van der Waals surface area contributed by atoms with Crippen molar-refractivity contribution < 1.29 is 13.2 Å². The van der Waals surface area contributed by atoms with Crippen molar-refractivity contribution in [3.8, 4) is 0 Å². The van der Waals surface area contributed by atoms with Crippen LogP contribution < -0.4 is 0 Å². The lowest BCUT2D eigenvalue weighted by molar-refractivity contribution is 0.443. The minimum atomic E-state index is -1.46. The van der Waals surface area contributed by atoms with Crippen LogP contribution >= 0.6 is 12.6 Å². The van der Waals surface area contributed by atoms with E-state index in [1.807, 2.05) is 0 Å². The average molecular weight is 164 g/mol. The first-order valence-corrected chi connectivity index (χ1v) is 2.89. The van der Waals surface area contributed by atoms with Crippen LogP contribution in [0.25, 0.3) is 0 Å². The Hall–Kier alpha value is -0.640.